The summed E-state index contributed by atoms with van der Waals surface area (Å²) in [5, 5.41) is 0. The molecule has 4 aliphatic rings. The molecule has 1 amide bonds. The van der Waals surface area contributed by atoms with Crippen LogP contribution in [0.3, 0.4) is 0 Å². The highest BCUT2D eigenvalue weighted by molar-refractivity contribution is 5.90. The maximum absolute atomic E-state index is 12.4. The molecule has 0 unspecified atom stereocenters. The Bertz CT molecular complexity index is 457. The standard InChI is InChI=1S/C13H15NO2/c1-9-5-10-7-16-8-13(10)4-3-11(6-9)14(2)12(13)15/h3-4,11H,6-8H2,1-2H3/t5?,11-,13-/m1/s1. The molecule has 16 heavy (non-hydrogen) atoms. The third-order valence-corrected chi connectivity index (χ3v) is 3.80. The lowest BCUT2D eigenvalue weighted by molar-refractivity contribution is -0.139. The van der Waals surface area contributed by atoms with Crippen molar-refractivity contribution in [1.82, 2.24) is 4.90 Å². The summed E-state index contributed by atoms with van der Waals surface area (Å²) in [7, 11) is 1.88. The average Bonchev–Trinajstić information content (AvgIpc) is 2.61. The molecule has 0 N–H and O–H groups in total. The molecular weight excluding hydrogens is 202 g/mol. The average molecular weight is 217 g/mol. The largest absolute Gasteiger partial charge is 0.375 e. The summed E-state index contributed by atoms with van der Waals surface area (Å²) in [6, 6.07) is 0.188. The molecule has 1 saturated heterocycles. The number of hydrogen-bond acceptors (Lipinski definition) is 2. The number of fused-ring (bicyclic) bond motifs is 2. The zero-order valence-corrected chi connectivity index (χ0v) is 9.62. The number of carbonyl (C=O) groups is 1. The number of likely N-dealkylation sites (N-methyl/N-ethyl adjacent to an activating group) is 1. The van der Waals surface area contributed by atoms with Gasteiger partial charge in [0, 0.05) is 12.6 Å². The molecule has 3 aliphatic heterocycles. The van der Waals surface area contributed by atoms with E-state index in [9.17, 15) is 4.79 Å². The van der Waals surface area contributed by atoms with Crippen molar-refractivity contribution in [3.05, 3.63) is 29.0 Å². The Morgan fingerprint density at radius 3 is 3.25 bits per heavy atom. The van der Waals surface area contributed by atoms with Gasteiger partial charge in [0.2, 0.25) is 5.91 Å². The molecule has 3 heterocycles. The van der Waals surface area contributed by atoms with E-state index < -0.39 is 5.41 Å². The molecule has 2 atom stereocenters. The Morgan fingerprint density at radius 2 is 2.44 bits per heavy atom. The van der Waals surface area contributed by atoms with E-state index in [2.05, 4.69) is 18.7 Å². The maximum atomic E-state index is 12.4. The molecule has 0 aromatic rings. The van der Waals surface area contributed by atoms with Crippen molar-refractivity contribution in [1.29, 1.82) is 0 Å². The molecule has 84 valence electrons. The van der Waals surface area contributed by atoms with E-state index in [1.165, 1.54) is 5.57 Å². The number of amides is 1. The molecule has 0 saturated carbocycles. The van der Waals surface area contributed by atoms with Crippen molar-refractivity contribution in [2.45, 2.75) is 19.4 Å². The van der Waals surface area contributed by atoms with E-state index in [-0.39, 0.29) is 11.9 Å². The first-order chi connectivity index (χ1) is 7.63. The van der Waals surface area contributed by atoms with Gasteiger partial charge in [0.05, 0.1) is 19.3 Å². The van der Waals surface area contributed by atoms with Crippen molar-refractivity contribution < 1.29 is 9.53 Å². The number of ether oxygens (including phenoxy) is 1. The Morgan fingerprint density at radius 1 is 1.62 bits per heavy atom. The first kappa shape index (κ1) is 9.88. The first-order valence-corrected chi connectivity index (χ1v) is 5.63. The predicted molar refractivity (Wildman–Crippen MR) is 59.8 cm³/mol. The van der Waals surface area contributed by atoms with Gasteiger partial charge in [-0.3, -0.25) is 4.79 Å². The molecular formula is C13H15NO2. The Kier molecular flexibility index (Phi) is 1.91. The molecule has 1 fully saturated rings. The van der Waals surface area contributed by atoms with Gasteiger partial charge < -0.3 is 9.64 Å². The van der Waals surface area contributed by atoms with Crippen LogP contribution in [0.4, 0.5) is 0 Å². The highest BCUT2D eigenvalue weighted by atomic mass is 16.5. The number of rotatable bonds is 0. The third-order valence-electron chi connectivity index (χ3n) is 3.80. The van der Waals surface area contributed by atoms with Gasteiger partial charge >= 0.3 is 0 Å². The van der Waals surface area contributed by atoms with Crippen molar-refractivity contribution >= 4 is 5.91 Å². The summed E-state index contributed by atoms with van der Waals surface area (Å²) < 4.78 is 5.48. The highest BCUT2D eigenvalue weighted by Gasteiger charge is 2.49. The zero-order valence-electron chi connectivity index (χ0n) is 9.62. The molecule has 0 aromatic heterocycles. The molecule has 2 bridgehead atoms. The summed E-state index contributed by atoms with van der Waals surface area (Å²) in [5.41, 5.74) is 5.02. The van der Waals surface area contributed by atoms with Gasteiger partial charge in [0.15, 0.2) is 0 Å². The monoisotopic (exact) mass is 217 g/mol. The molecule has 1 spiro atoms. The third kappa shape index (κ3) is 1.10. The van der Waals surface area contributed by atoms with Crippen LogP contribution < -0.4 is 0 Å². The fraction of sp³-hybridized carbons (Fsp3) is 0.538. The Hall–Kier alpha value is -1.31. The lowest BCUT2D eigenvalue weighted by Crippen LogP contribution is -2.50. The minimum Gasteiger partial charge on any atom is -0.375 e. The second kappa shape index (κ2) is 3.09. The van der Waals surface area contributed by atoms with E-state index >= 15 is 0 Å². The zero-order chi connectivity index (χ0) is 11.3. The number of carbonyl (C=O) groups excluding carboxylic acids is 1. The van der Waals surface area contributed by atoms with Crippen molar-refractivity contribution in [2.24, 2.45) is 5.41 Å². The van der Waals surface area contributed by atoms with Crippen molar-refractivity contribution in [2.75, 3.05) is 20.3 Å². The minimum atomic E-state index is -0.549. The second-order valence-corrected chi connectivity index (χ2v) is 4.89. The van der Waals surface area contributed by atoms with Gasteiger partial charge in [-0.1, -0.05) is 12.2 Å². The summed E-state index contributed by atoms with van der Waals surface area (Å²) in [6.45, 7) is 3.08. The van der Waals surface area contributed by atoms with E-state index in [1.54, 1.807) is 0 Å². The quantitative estimate of drug-likeness (QED) is 0.452. The fourth-order valence-electron chi connectivity index (χ4n) is 2.79. The van der Waals surface area contributed by atoms with E-state index in [0.29, 0.717) is 13.2 Å². The van der Waals surface area contributed by atoms with E-state index in [1.807, 2.05) is 18.0 Å². The van der Waals surface area contributed by atoms with Crippen LogP contribution in [0.2, 0.25) is 0 Å². The molecule has 3 nitrogen and oxygen atoms in total. The summed E-state index contributed by atoms with van der Waals surface area (Å²) in [6.07, 6.45) is 5.04. The van der Waals surface area contributed by atoms with Crippen LogP contribution in [-0.2, 0) is 9.53 Å². The van der Waals surface area contributed by atoms with Crippen LogP contribution in [0.5, 0.6) is 0 Å². The van der Waals surface area contributed by atoms with Crippen LogP contribution in [0.15, 0.2) is 29.0 Å². The summed E-state index contributed by atoms with van der Waals surface area (Å²) in [5.74, 6) is 0.160. The van der Waals surface area contributed by atoms with Crippen LogP contribution in [0, 0.1) is 5.41 Å². The number of nitrogens with zero attached hydrogens (tertiary/aromatic N) is 1. The molecule has 1 aliphatic carbocycles. The molecule has 4 rings (SSSR count). The van der Waals surface area contributed by atoms with Gasteiger partial charge in [-0.2, -0.15) is 0 Å². The smallest absolute Gasteiger partial charge is 0.240 e. The lowest BCUT2D eigenvalue weighted by atomic mass is 9.76. The van der Waals surface area contributed by atoms with Crippen LogP contribution >= 0.6 is 0 Å². The Labute approximate surface area is 95.1 Å². The number of hydrogen-bond donors (Lipinski definition) is 0. The van der Waals surface area contributed by atoms with Gasteiger partial charge in [-0.25, -0.2) is 0 Å². The van der Waals surface area contributed by atoms with Crippen molar-refractivity contribution in [3.8, 4) is 0 Å². The van der Waals surface area contributed by atoms with Crippen molar-refractivity contribution in [3.63, 3.8) is 0 Å². The topological polar surface area (TPSA) is 29.5 Å². The lowest BCUT2D eigenvalue weighted by Gasteiger charge is -2.39. The van der Waals surface area contributed by atoms with E-state index in [4.69, 9.17) is 4.74 Å². The Balaban J connectivity index is 2.26. The van der Waals surface area contributed by atoms with Gasteiger partial charge in [-0.15, -0.1) is 5.73 Å². The maximum Gasteiger partial charge on any atom is 0.240 e. The van der Waals surface area contributed by atoms with E-state index in [0.717, 1.165) is 12.0 Å². The SMILES string of the molecule is CC1=C=C2COC[C@]23C=C[C@H](C1)N(C)C3=O. The summed E-state index contributed by atoms with van der Waals surface area (Å²) >= 11 is 0. The molecule has 0 radical (unpaired) electrons. The molecule has 0 aromatic carbocycles. The van der Waals surface area contributed by atoms with Crippen LogP contribution in [-0.4, -0.2) is 37.1 Å². The predicted octanol–water partition coefficient (Wildman–Crippen LogP) is 1.28. The fourth-order valence-corrected chi connectivity index (χ4v) is 2.79. The highest BCUT2D eigenvalue weighted by Crippen LogP contribution is 2.42. The first-order valence-electron chi connectivity index (χ1n) is 5.63. The van der Waals surface area contributed by atoms with Gasteiger partial charge in [0.25, 0.3) is 0 Å². The van der Waals surface area contributed by atoms with Gasteiger partial charge in [-0.05, 0) is 18.9 Å². The summed E-state index contributed by atoms with van der Waals surface area (Å²) in [4.78, 5) is 14.2. The second-order valence-electron chi connectivity index (χ2n) is 4.89. The van der Waals surface area contributed by atoms with Crippen LogP contribution in [0.25, 0.3) is 0 Å². The normalized spacial score (nSPS) is 36.8. The van der Waals surface area contributed by atoms with Crippen LogP contribution in [0.1, 0.15) is 13.3 Å². The minimum absolute atomic E-state index is 0.160. The molecule has 3 heteroatoms. The van der Waals surface area contributed by atoms with Gasteiger partial charge in [0.1, 0.15) is 5.41 Å².